The first kappa shape index (κ1) is 6.72. The first-order valence-electron chi connectivity index (χ1n) is 8.77. The molecule has 19 heavy (non-hydrogen) atoms. The third kappa shape index (κ3) is 1.68. The van der Waals surface area contributed by atoms with E-state index in [0.717, 1.165) is 17.5 Å². The Hall–Kier alpha value is -2.34. The average molecular weight is 247 g/mol. The van der Waals surface area contributed by atoms with Crippen molar-refractivity contribution >= 4 is 0 Å². The van der Waals surface area contributed by atoms with E-state index >= 15 is 0 Å². The lowest BCUT2D eigenvalue weighted by Gasteiger charge is -2.05. The van der Waals surface area contributed by atoms with Gasteiger partial charge in [-0.2, -0.15) is 0 Å². The van der Waals surface area contributed by atoms with Crippen molar-refractivity contribution in [1.82, 2.24) is 0 Å². The Bertz CT molecular complexity index is 962. The Morgan fingerprint density at radius 3 is 2.42 bits per heavy atom. The molecule has 0 N–H and O–H groups in total. The van der Waals surface area contributed by atoms with Gasteiger partial charge in [0.1, 0.15) is 0 Å². The highest BCUT2D eigenvalue weighted by Crippen LogP contribution is 2.38. The van der Waals surface area contributed by atoms with Gasteiger partial charge in [-0.25, -0.2) is 0 Å². The summed E-state index contributed by atoms with van der Waals surface area (Å²) in [7, 11) is 0. The van der Waals surface area contributed by atoms with Crippen LogP contribution in [-0.2, 0) is 6.42 Å². The zero-order valence-corrected chi connectivity index (χ0v) is 10.2. The third-order valence-electron chi connectivity index (χ3n) is 3.58. The normalized spacial score (nSPS) is 15.7. The van der Waals surface area contributed by atoms with Gasteiger partial charge in [-0.3, -0.25) is 0 Å². The third-order valence-corrected chi connectivity index (χ3v) is 3.58. The molecule has 1 aliphatic rings. The zero-order chi connectivity index (χ0) is 17.0. The maximum absolute atomic E-state index is 8.13. The summed E-state index contributed by atoms with van der Waals surface area (Å²) < 4.78 is 39.6. The van der Waals surface area contributed by atoms with Crippen molar-refractivity contribution in [3.05, 3.63) is 83.8 Å². The monoisotopic (exact) mass is 247 g/mol. The van der Waals surface area contributed by atoms with Gasteiger partial charge >= 0.3 is 0 Å². The molecular weight excluding hydrogens is 228 g/mol. The molecule has 0 unspecified atom stereocenters. The Morgan fingerprint density at radius 1 is 0.737 bits per heavy atom. The summed E-state index contributed by atoms with van der Waals surface area (Å²) in [5.74, 6) is 0. The van der Waals surface area contributed by atoms with Crippen LogP contribution in [0, 0.1) is 0 Å². The second-order valence-electron chi connectivity index (χ2n) is 4.71. The minimum absolute atomic E-state index is 0.156. The molecule has 0 saturated carbocycles. The van der Waals surface area contributed by atoms with Crippen LogP contribution in [0.3, 0.4) is 0 Å². The molecule has 0 heterocycles. The molecule has 0 radical (unpaired) electrons. The smallest absolute Gasteiger partial charge is 0.0622 e. The summed E-state index contributed by atoms with van der Waals surface area (Å²) in [6.45, 7) is 0. The van der Waals surface area contributed by atoms with Gasteiger partial charge in [-0.1, -0.05) is 72.7 Å². The quantitative estimate of drug-likeness (QED) is 0.447. The molecule has 0 saturated heterocycles. The molecule has 0 aliphatic heterocycles. The lowest BCUT2D eigenvalue weighted by atomic mass is 9.99. The molecule has 3 aromatic rings. The van der Waals surface area contributed by atoms with E-state index in [1.807, 2.05) is 30.3 Å². The largest absolute Gasteiger partial charge is 0.0629 e. The lowest BCUT2D eigenvalue weighted by molar-refractivity contribution is 1.26. The zero-order valence-electron chi connectivity index (χ0n) is 15.2. The molecule has 4 rings (SSSR count). The van der Waals surface area contributed by atoms with Crippen LogP contribution in [0.25, 0.3) is 22.3 Å². The molecule has 90 valence electrons. The van der Waals surface area contributed by atoms with E-state index in [4.69, 9.17) is 6.85 Å². The summed E-state index contributed by atoms with van der Waals surface area (Å²) in [5.41, 5.74) is 5.67. The van der Waals surface area contributed by atoms with Crippen molar-refractivity contribution in [2.75, 3.05) is 0 Å². The molecule has 0 fully saturated rings. The van der Waals surface area contributed by atoms with Crippen molar-refractivity contribution < 1.29 is 6.85 Å². The Morgan fingerprint density at radius 2 is 1.53 bits per heavy atom. The maximum atomic E-state index is 8.13. The highest BCUT2D eigenvalue weighted by Gasteiger charge is 2.17. The second-order valence-corrected chi connectivity index (χ2v) is 4.71. The van der Waals surface area contributed by atoms with Crippen molar-refractivity contribution in [3.8, 4) is 22.3 Å². The Kier molecular flexibility index (Phi) is 1.45. The number of rotatable bonds is 1. The predicted molar refractivity (Wildman–Crippen MR) is 80.1 cm³/mol. The fourth-order valence-electron chi connectivity index (χ4n) is 2.69. The maximum Gasteiger partial charge on any atom is 0.0629 e. The summed E-state index contributed by atoms with van der Waals surface area (Å²) in [6.07, 6.45) is 0.804. The van der Waals surface area contributed by atoms with Gasteiger partial charge in [-0.05, 0) is 39.8 Å². The van der Waals surface area contributed by atoms with E-state index in [-0.39, 0.29) is 35.8 Å². The van der Waals surface area contributed by atoms with E-state index in [2.05, 4.69) is 12.1 Å². The molecular formula is C19H14. The molecule has 0 spiro atoms. The minimum atomic E-state index is -0.359. The number of benzene rings is 3. The highest BCUT2D eigenvalue weighted by atomic mass is 14.2. The fourth-order valence-corrected chi connectivity index (χ4v) is 2.69. The molecule has 3 aromatic carbocycles. The Balaban J connectivity index is 1.91. The van der Waals surface area contributed by atoms with Gasteiger partial charge in [0.25, 0.3) is 0 Å². The molecule has 1 aliphatic carbocycles. The molecule has 0 heteroatoms. The SMILES string of the molecule is [2H]c1c([2H])c([2H])c(-c2ccc3c(c2)Cc2ccccc2-3)c([2H])c1[2H]. The van der Waals surface area contributed by atoms with E-state index < -0.39 is 0 Å². The number of fused-ring (bicyclic) bond motifs is 3. The van der Waals surface area contributed by atoms with Crippen LogP contribution >= 0.6 is 0 Å². The molecule has 0 nitrogen and oxygen atoms in total. The fraction of sp³-hybridized carbons (Fsp3) is 0.0526. The molecule has 0 bridgehead atoms. The van der Waals surface area contributed by atoms with Crippen LogP contribution in [0.4, 0.5) is 0 Å². The summed E-state index contributed by atoms with van der Waals surface area (Å²) in [5, 5.41) is 0. The predicted octanol–water partition coefficient (Wildman–Crippen LogP) is 4.92. The van der Waals surface area contributed by atoms with Gasteiger partial charge in [0.15, 0.2) is 0 Å². The van der Waals surface area contributed by atoms with Gasteiger partial charge in [0.05, 0.1) is 6.85 Å². The highest BCUT2D eigenvalue weighted by molar-refractivity contribution is 5.80. The van der Waals surface area contributed by atoms with Crippen molar-refractivity contribution in [1.29, 1.82) is 0 Å². The van der Waals surface area contributed by atoms with Gasteiger partial charge in [-0.15, -0.1) is 0 Å². The van der Waals surface area contributed by atoms with Crippen LogP contribution < -0.4 is 0 Å². The lowest BCUT2D eigenvalue weighted by Crippen LogP contribution is -1.83. The van der Waals surface area contributed by atoms with Crippen molar-refractivity contribution in [3.63, 3.8) is 0 Å². The average Bonchev–Trinajstić information content (AvgIpc) is 2.96. The van der Waals surface area contributed by atoms with E-state index in [1.54, 1.807) is 0 Å². The van der Waals surface area contributed by atoms with Crippen LogP contribution in [0.1, 0.15) is 18.0 Å². The van der Waals surface area contributed by atoms with Crippen LogP contribution in [0.2, 0.25) is 0 Å². The van der Waals surface area contributed by atoms with Crippen LogP contribution in [-0.4, -0.2) is 0 Å². The minimum Gasteiger partial charge on any atom is -0.0622 e. The molecule has 0 atom stereocenters. The van der Waals surface area contributed by atoms with E-state index in [9.17, 15) is 0 Å². The van der Waals surface area contributed by atoms with Gasteiger partial charge in [0, 0.05) is 0 Å². The second kappa shape index (κ2) is 4.10. The standard InChI is InChI=1S/C19H14/c1-2-6-14(7-3-1)15-10-11-19-17(12-15)13-16-8-4-5-9-18(16)19/h1-12H,13H2/i1D,2D,3D,6D,7D. The summed E-state index contributed by atoms with van der Waals surface area (Å²) in [6, 6.07) is 12.7. The van der Waals surface area contributed by atoms with E-state index in [1.165, 1.54) is 11.1 Å². The van der Waals surface area contributed by atoms with Gasteiger partial charge < -0.3 is 0 Å². The molecule has 0 amide bonds. The Labute approximate surface area is 120 Å². The summed E-state index contributed by atoms with van der Waals surface area (Å²) >= 11 is 0. The van der Waals surface area contributed by atoms with Crippen LogP contribution in [0.5, 0.6) is 0 Å². The van der Waals surface area contributed by atoms with Crippen molar-refractivity contribution in [2.24, 2.45) is 0 Å². The number of hydrogen-bond donors (Lipinski definition) is 0. The summed E-state index contributed by atoms with van der Waals surface area (Å²) in [4.78, 5) is 0. The molecule has 0 aromatic heterocycles. The number of hydrogen-bond acceptors (Lipinski definition) is 0. The first-order valence-corrected chi connectivity index (χ1v) is 6.27. The van der Waals surface area contributed by atoms with Crippen molar-refractivity contribution in [2.45, 2.75) is 6.42 Å². The first-order chi connectivity index (χ1) is 11.5. The van der Waals surface area contributed by atoms with E-state index in [0.29, 0.717) is 5.56 Å². The van der Waals surface area contributed by atoms with Crippen LogP contribution in [0.15, 0.2) is 72.7 Å². The topological polar surface area (TPSA) is 0 Å². The van der Waals surface area contributed by atoms with Gasteiger partial charge in [0.2, 0.25) is 0 Å².